The highest BCUT2D eigenvalue weighted by molar-refractivity contribution is 5.76. The van der Waals surface area contributed by atoms with Crippen LogP contribution >= 0.6 is 0 Å². The Morgan fingerprint density at radius 2 is 2.25 bits per heavy atom. The maximum Gasteiger partial charge on any atom is 0.223 e. The zero-order valence-corrected chi connectivity index (χ0v) is 14.2. The van der Waals surface area contributed by atoms with Crippen LogP contribution in [0.25, 0.3) is 0 Å². The number of carbonyl (C=O) groups is 1. The standard InChI is InChI=1S/C18H24N4O2/c1-13-4-5-15(14(2)10-13)6-7-17(23)22-9-3-8-18(24,12-22)16-11-19-21-20-16/h4-5,10-11,24H,3,6-9,12H2,1-2H3,(H,19,20,21)/t18-/m1/s1. The van der Waals surface area contributed by atoms with Crippen molar-refractivity contribution in [2.75, 3.05) is 13.1 Å². The van der Waals surface area contributed by atoms with Crippen molar-refractivity contribution in [3.63, 3.8) is 0 Å². The summed E-state index contributed by atoms with van der Waals surface area (Å²) in [5.74, 6) is 0.0802. The third-order valence-corrected chi connectivity index (χ3v) is 4.82. The van der Waals surface area contributed by atoms with Crippen LogP contribution in [-0.2, 0) is 16.8 Å². The molecule has 1 aromatic heterocycles. The first-order valence-corrected chi connectivity index (χ1v) is 8.40. The van der Waals surface area contributed by atoms with Gasteiger partial charge in [0.2, 0.25) is 5.91 Å². The maximum atomic E-state index is 12.6. The number of β-amino-alcohol motifs (C(OH)–C–C–N with tert-alkyl or cyclic N) is 1. The topological polar surface area (TPSA) is 82.1 Å². The predicted molar refractivity (Wildman–Crippen MR) is 90.3 cm³/mol. The Labute approximate surface area is 141 Å². The van der Waals surface area contributed by atoms with Gasteiger partial charge in [0.25, 0.3) is 0 Å². The number of rotatable bonds is 4. The summed E-state index contributed by atoms with van der Waals surface area (Å²) in [4.78, 5) is 14.3. The lowest BCUT2D eigenvalue weighted by molar-refractivity contribution is -0.139. The number of nitrogens with zero attached hydrogens (tertiary/aromatic N) is 3. The minimum Gasteiger partial charge on any atom is -0.382 e. The molecule has 2 aromatic rings. The lowest BCUT2D eigenvalue weighted by atomic mass is 9.89. The molecule has 6 heteroatoms. The van der Waals surface area contributed by atoms with E-state index in [0.29, 0.717) is 25.1 Å². The largest absolute Gasteiger partial charge is 0.382 e. The van der Waals surface area contributed by atoms with Gasteiger partial charge in [-0.05, 0) is 44.2 Å². The summed E-state index contributed by atoms with van der Waals surface area (Å²) >= 11 is 0. The van der Waals surface area contributed by atoms with Crippen molar-refractivity contribution in [2.24, 2.45) is 0 Å². The second kappa shape index (κ2) is 6.73. The molecule has 0 unspecified atom stereocenters. The third-order valence-electron chi connectivity index (χ3n) is 4.82. The number of hydrogen-bond acceptors (Lipinski definition) is 4. The van der Waals surface area contributed by atoms with E-state index in [1.807, 2.05) is 0 Å². The first-order valence-electron chi connectivity index (χ1n) is 8.40. The normalized spacial score (nSPS) is 21.0. The van der Waals surface area contributed by atoms with E-state index in [1.165, 1.54) is 22.9 Å². The van der Waals surface area contributed by atoms with E-state index in [-0.39, 0.29) is 12.5 Å². The van der Waals surface area contributed by atoms with Gasteiger partial charge >= 0.3 is 0 Å². The van der Waals surface area contributed by atoms with Crippen molar-refractivity contribution >= 4 is 5.91 Å². The Bertz CT molecular complexity index is 714. The molecule has 0 aliphatic carbocycles. The van der Waals surface area contributed by atoms with E-state index in [1.54, 1.807) is 4.90 Å². The third kappa shape index (κ3) is 3.48. The first kappa shape index (κ1) is 16.6. The van der Waals surface area contributed by atoms with Crippen LogP contribution in [0.15, 0.2) is 24.4 Å². The minimum absolute atomic E-state index is 0.0802. The van der Waals surface area contributed by atoms with Crippen LogP contribution in [0.4, 0.5) is 0 Å². The van der Waals surface area contributed by atoms with Gasteiger partial charge in [0.15, 0.2) is 0 Å². The summed E-state index contributed by atoms with van der Waals surface area (Å²) in [7, 11) is 0. The number of aromatic nitrogens is 3. The summed E-state index contributed by atoms with van der Waals surface area (Å²) in [5, 5.41) is 21.1. The highest BCUT2D eigenvalue weighted by Crippen LogP contribution is 2.30. The Kier molecular flexibility index (Phi) is 4.66. The molecule has 1 aromatic carbocycles. The highest BCUT2D eigenvalue weighted by atomic mass is 16.3. The van der Waals surface area contributed by atoms with Crippen LogP contribution in [-0.4, -0.2) is 44.4 Å². The minimum atomic E-state index is -1.10. The van der Waals surface area contributed by atoms with Gasteiger partial charge in [-0.15, -0.1) is 0 Å². The van der Waals surface area contributed by atoms with Gasteiger partial charge in [-0.1, -0.05) is 23.8 Å². The molecule has 1 aliphatic rings. The Morgan fingerprint density at radius 3 is 2.96 bits per heavy atom. The SMILES string of the molecule is Cc1ccc(CCC(=O)N2CCC[C@](O)(c3cn[nH]n3)C2)c(C)c1. The molecule has 128 valence electrons. The quantitative estimate of drug-likeness (QED) is 0.897. The number of nitrogens with one attached hydrogen (secondary N) is 1. The summed E-state index contributed by atoms with van der Waals surface area (Å²) in [6.45, 7) is 5.12. The predicted octanol–water partition coefficient (Wildman–Crippen LogP) is 1.86. The van der Waals surface area contributed by atoms with Crippen LogP contribution in [0.3, 0.4) is 0 Å². The summed E-state index contributed by atoms with van der Waals surface area (Å²) in [6, 6.07) is 6.32. The molecule has 1 atom stereocenters. The Morgan fingerprint density at radius 1 is 1.42 bits per heavy atom. The van der Waals surface area contributed by atoms with Crippen LogP contribution in [0.5, 0.6) is 0 Å². The fourth-order valence-electron chi connectivity index (χ4n) is 3.41. The average molecular weight is 328 g/mol. The van der Waals surface area contributed by atoms with Crippen LogP contribution in [0.2, 0.25) is 0 Å². The fourth-order valence-corrected chi connectivity index (χ4v) is 3.41. The number of aryl methyl sites for hydroxylation is 3. The lowest BCUT2D eigenvalue weighted by Gasteiger charge is -2.38. The van der Waals surface area contributed by atoms with E-state index in [2.05, 4.69) is 47.5 Å². The van der Waals surface area contributed by atoms with Crippen molar-refractivity contribution in [1.82, 2.24) is 20.3 Å². The molecule has 1 aliphatic heterocycles. The van der Waals surface area contributed by atoms with E-state index in [4.69, 9.17) is 0 Å². The molecular formula is C18H24N4O2. The van der Waals surface area contributed by atoms with Crippen LogP contribution in [0.1, 0.15) is 41.6 Å². The fraction of sp³-hybridized carbons (Fsp3) is 0.500. The molecule has 24 heavy (non-hydrogen) atoms. The van der Waals surface area contributed by atoms with E-state index < -0.39 is 5.60 Å². The van der Waals surface area contributed by atoms with Gasteiger partial charge in [-0.3, -0.25) is 4.79 Å². The van der Waals surface area contributed by atoms with Crippen LogP contribution in [0, 0.1) is 13.8 Å². The second-order valence-electron chi connectivity index (χ2n) is 6.74. The molecule has 2 heterocycles. The number of hydrogen-bond donors (Lipinski definition) is 2. The van der Waals surface area contributed by atoms with Crippen LogP contribution < -0.4 is 0 Å². The van der Waals surface area contributed by atoms with Crippen molar-refractivity contribution < 1.29 is 9.90 Å². The average Bonchev–Trinajstić information content (AvgIpc) is 3.09. The lowest BCUT2D eigenvalue weighted by Crippen LogP contribution is -2.48. The Hall–Kier alpha value is -2.21. The number of piperidine rings is 1. The number of benzene rings is 1. The molecule has 0 saturated carbocycles. The van der Waals surface area contributed by atoms with Crippen molar-refractivity contribution in [1.29, 1.82) is 0 Å². The van der Waals surface area contributed by atoms with Gasteiger partial charge < -0.3 is 10.0 Å². The number of aliphatic hydroxyl groups is 1. The van der Waals surface area contributed by atoms with Crippen molar-refractivity contribution in [3.8, 4) is 0 Å². The summed E-state index contributed by atoms with van der Waals surface area (Å²) in [5.41, 5.74) is 3.07. The van der Waals surface area contributed by atoms with E-state index >= 15 is 0 Å². The number of H-pyrrole nitrogens is 1. The van der Waals surface area contributed by atoms with E-state index in [9.17, 15) is 9.90 Å². The highest BCUT2D eigenvalue weighted by Gasteiger charge is 2.38. The van der Waals surface area contributed by atoms with E-state index in [0.717, 1.165) is 12.8 Å². The first-order chi connectivity index (χ1) is 11.5. The van der Waals surface area contributed by atoms with Crippen molar-refractivity contribution in [3.05, 3.63) is 46.8 Å². The monoisotopic (exact) mass is 328 g/mol. The molecule has 2 N–H and O–H groups in total. The number of aromatic amines is 1. The molecular weight excluding hydrogens is 304 g/mol. The molecule has 1 fully saturated rings. The van der Waals surface area contributed by atoms with Gasteiger partial charge in [-0.25, -0.2) is 0 Å². The molecule has 0 bridgehead atoms. The number of likely N-dealkylation sites (tertiary alicyclic amines) is 1. The summed E-state index contributed by atoms with van der Waals surface area (Å²) in [6.07, 6.45) is 4.07. The molecule has 3 rings (SSSR count). The second-order valence-corrected chi connectivity index (χ2v) is 6.74. The Balaban J connectivity index is 1.62. The van der Waals surface area contributed by atoms with Crippen molar-refractivity contribution in [2.45, 2.75) is 45.1 Å². The smallest absolute Gasteiger partial charge is 0.223 e. The zero-order chi connectivity index (χ0) is 17.2. The molecule has 0 radical (unpaired) electrons. The molecule has 1 saturated heterocycles. The molecule has 6 nitrogen and oxygen atoms in total. The van der Waals surface area contributed by atoms with Gasteiger partial charge in [-0.2, -0.15) is 15.4 Å². The van der Waals surface area contributed by atoms with Gasteiger partial charge in [0, 0.05) is 13.0 Å². The maximum absolute atomic E-state index is 12.6. The molecule has 1 amide bonds. The number of carbonyl (C=O) groups excluding carboxylic acids is 1. The summed E-state index contributed by atoms with van der Waals surface area (Å²) < 4.78 is 0. The molecule has 0 spiro atoms. The van der Waals surface area contributed by atoms with Gasteiger partial charge in [0.05, 0.1) is 12.7 Å². The van der Waals surface area contributed by atoms with Gasteiger partial charge in [0.1, 0.15) is 11.3 Å². The zero-order valence-electron chi connectivity index (χ0n) is 14.2. The number of amides is 1.